The summed E-state index contributed by atoms with van der Waals surface area (Å²) >= 11 is 5.39. The summed E-state index contributed by atoms with van der Waals surface area (Å²) in [4.78, 5) is 10.5. The second kappa shape index (κ2) is 5.93. The van der Waals surface area contributed by atoms with E-state index >= 15 is 0 Å². The van der Waals surface area contributed by atoms with Crippen LogP contribution in [0.15, 0.2) is 16.6 Å². The average molecular weight is 331 g/mol. The van der Waals surface area contributed by atoms with Crippen LogP contribution in [0.2, 0.25) is 0 Å². The largest absolute Gasteiger partial charge is 0.381 e. The smallest absolute Gasteiger partial charge is 0.273 e. The van der Waals surface area contributed by atoms with E-state index in [-0.39, 0.29) is 10.6 Å². The molecule has 1 heterocycles. The van der Waals surface area contributed by atoms with Crippen LogP contribution in [0.4, 0.5) is 11.4 Å². The van der Waals surface area contributed by atoms with Gasteiger partial charge in [-0.15, -0.1) is 0 Å². The molecule has 2 rings (SSSR count). The van der Waals surface area contributed by atoms with Gasteiger partial charge in [-0.3, -0.25) is 10.1 Å². The number of nitro benzene ring substituents is 1. The highest BCUT2D eigenvalue weighted by Crippen LogP contribution is 2.32. The lowest BCUT2D eigenvalue weighted by atomic mass is 10.1. The Hall–Kier alpha value is -0.750. The van der Waals surface area contributed by atoms with Crippen LogP contribution in [0.3, 0.4) is 0 Å². The Morgan fingerprint density at radius 3 is 2.72 bits per heavy atom. The van der Waals surface area contributed by atoms with E-state index in [1.54, 1.807) is 13.0 Å². The second-order valence-corrected chi connectivity index (χ2v) is 6.49. The quantitative estimate of drug-likeness (QED) is 0.672. The number of halogens is 1. The predicted octanol–water partition coefficient (Wildman–Crippen LogP) is 3.97. The molecule has 4 nitrogen and oxygen atoms in total. The Labute approximate surface area is 119 Å². The van der Waals surface area contributed by atoms with E-state index in [2.05, 4.69) is 21.2 Å². The first-order chi connectivity index (χ1) is 8.58. The molecule has 1 aliphatic rings. The number of benzene rings is 1. The molecule has 0 amide bonds. The minimum absolute atomic E-state index is 0.159. The molecule has 1 fully saturated rings. The van der Waals surface area contributed by atoms with Crippen molar-refractivity contribution in [3.05, 3.63) is 32.3 Å². The van der Waals surface area contributed by atoms with Gasteiger partial charge in [0, 0.05) is 27.8 Å². The minimum Gasteiger partial charge on any atom is -0.381 e. The lowest BCUT2D eigenvalue weighted by Gasteiger charge is -2.24. The molecular weight excluding hydrogens is 316 g/mol. The van der Waals surface area contributed by atoms with E-state index < -0.39 is 0 Å². The highest BCUT2D eigenvalue weighted by Gasteiger charge is 2.18. The molecule has 1 saturated heterocycles. The first-order valence-corrected chi connectivity index (χ1v) is 7.81. The van der Waals surface area contributed by atoms with Gasteiger partial charge in [0.05, 0.1) is 4.92 Å². The number of anilines is 1. The molecule has 1 aromatic rings. The number of nitrogens with one attached hydrogen (secondary N) is 1. The Morgan fingerprint density at radius 1 is 1.44 bits per heavy atom. The summed E-state index contributed by atoms with van der Waals surface area (Å²) in [5.41, 5.74) is 1.80. The molecule has 98 valence electrons. The van der Waals surface area contributed by atoms with Crippen LogP contribution in [-0.4, -0.2) is 22.5 Å². The zero-order valence-electron chi connectivity index (χ0n) is 10.1. The van der Waals surface area contributed by atoms with Crippen molar-refractivity contribution in [3.8, 4) is 0 Å². The first-order valence-electron chi connectivity index (χ1n) is 5.86. The maximum Gasteiger partial charge on any atom is 0.273 e. The number of thioether (sulfide) groups is 1. The normalized spacial score (nSPS) is 16.6. The Bertz CT molecular complexity index is 462. The molecule has 0 aliphatic carbocycles. The van der Waals surface area contributed by atoms with Crippen molar-refractivity contribution in [2.45, 2.75) is 25.8 Å². The number of nitrogens with zero attached hydrogens (tertiary/aromatic N) is 1. The lowest BCUT2D eigenvalue weighted by molar-refractivity contribution is -0.385. The van der Waals surface area contributed by atoms with Crippen molar-refractivity contribution in [1.29, 1.82) is 0 Å². The van der Waals surface area contributed by atoms with Crippen LogP contribution in [0.5, 0.6) is 0 Å². The van der Waals surface area contributed by atoms with Gasteiger partial charge in [0.15, 0.2) is 0 Å². The van der Waals surface area contributed by atoms with Crippen molar-refractivity contribution >= 4 is 39.1 Å². The van der Waals surface area contributed by atoms with E-state index in [1.807, 2.05) is 17.8 Å². The predicted molar refractivity (Wildman–Crippen MR) is 79.5 cm³/mol. The fourth-order valence-corrected chi connectivity index (χ4v) is 3.59. The second-order valence-electron chi connectivity index (χ2n) is 4.41. The Kier molecular flexibility index (Phi) is 4.50. The summed E-state index contributed by atoms with van der Waals surface area (Å²) in [5, 5.41) is 14.3. The van der Waals surface area contributed by atoms with Gasteiger partial charge in [-0.05, 0) is 53.3 Å². The topological polar surface area (TPSA) is 55.2 Å². The molecule has 0 radical (unpaired) electrons. The van der Waals surface area contributed by atoms with Crippen LogP contribution < -0.4 is 5.32 Å². The van der Waals surface area contributed by atoms with Gasteiger partial charge >= 0.3 is 0 Å². The molecule has 0 bridgehead atoms. The SMILES string of the molecule is Cc1cc(NC2CCSCC2)c(Br)cc1[N+](=O)[O-]. The summed E-state index contributed by atoms with van der Waals surface area (Å²) in [6, 6.07) is 3.91. The zero-order valence-corrected chi connectivity index (χ0v) is 12.5. The molecule has 0 atom stereocenters. The van der Waals surface area contributed by atoms with Crippen LogP contribution >= 0.6 is 27.7 Å². The molecule has 0 spiro atoms. The number of hydrogen-bond acceptors (Lipinski definition) is 4. The monoisotopic (exact) mass is 330 g/mol. The Morgan fingerprint density at radius 2 is 2.11 bits per heavy atom. The summed E-state index contributed by atoms with van der Waals surface area (Å²) in [7, 11) is 0. The molecule has 0 unspecified atom stereocenters. The lowest BCUT2D eigenvalue weighted by Crippen LogP contribution is -2.24. The molecule has 1 aromatic carbocycles. The molecule has 18 heavy (non-hydrogen) atoms. The van der Waals surface area contributed by atoms with E-state index in [0.29, 0.717) is 11.6 Å². The third-order valence-corrected chi connectivity index (χ3v) is 4.77. The highest BCUT2D eigenvalue weighted by molar-refractivity contribution is 9.10. The molecule has 6 heteroatoms. The van der Waals surface area contributed by atoms with Crippen LogP contribution in [-0.2, 0) is 0 Å². The average Bonchev–Trinajstić information content (AvgIpc) is 2.34. The summed E-state index contributed by atoms with van der Waals surface area (Å²) in [6.45, 7) is 1.77. The minimum atomic E-state index is -0.346. The molecular formula is C12H15BrN2O2S. The molecule has 0 aromatic heterocycles. The van der Waals surface area contributed by atoms with E-state index in [1.165, 1.54) is 11.5 Å². The van der Waals surface area contributed by atoms with Gasteiger partial charge in [-0.2, -0.15) is 11.8 Å². The maximum absolute atomic E-state index is 10.8. The van der Waals surface area contributed by atoms with E-state index in [4.69, 9.17) is 0 Å². The third-order valence-electron chi connectivity index (χ3n) is 3.06. The molecule has 1 N–H and O–H groups in total. The van der Waals surface area contributed by atoms with Gasteiger partial charge < -0.3 is 5.32 Å². The standard InChI is InChI=1S/C12H15BrN2O2S/c1-8-6-11(10(13)7-12(8)15(16)17)14-9-2-4-18-5-3-9/h6-7,9,14H,2-5H2,1H3. The fourth-order valence-electron chi connectivity index (χ4n) is 2.04. The van der Waals surface area contributed by atoms with E-state index in [9.17, 15) is 10.1 Å². The number of rotatable bonds is 3. The third kappa shape index (κ3) is 3.17. The van der Waals surface area contributed by atoms with Crippen molar-refractivity contribution in [2.75, 3.05) is 16.8 Å². The van der Waals surface area contributed by atoms with Gasteiger partial charge in [-0.25, -0.2) is 0 Å². The zero-order chi connectivity index (χ0) is 13.1. The van der Waals surface area contributed by atoms with Gasteiger partial charge in [-0.1, -0.05) is 0 Å². The Balaban J connectivity index is 2.18. The summed E-state index contributed by atoms with van der Waals surface area (Å²) in [6.07, 6.45) is 2.29. The van der Waals surface area contributed by atoms with Crippen LogP contribution in [0.25, 0.3) is 0 Å². The van der Waals surface area contributed by atoms with Crippen molar-refractivity contribution in [3.63, 3.8) is 0 Å². The van der Waals surface area contributed by atoms with Crippen LogP contribution in [0, 0.1) is 17.0 Å². The summed E-state index contributed by atoms with van der Waals surface area (Å²) < 4.78 is 0.762. The summed E-state index contributed by atoms with van der Waals surface area (Å²) in [5.74, 6) is 2.36. The number of hydrogen-bond donors (Lipinski definition) is 1. The van der Waals surface area contributed by atoms with Crippen LogP contribution in [0.1, 0.15) is 18.4 Å². The van der Waals surface area contributed by atoms with Gasteiger partial charge in [0.2, 0.25) is 0 Å². The van der Waals surface area contributed by atoms with Crippen molar-refractivity contribution in [1.82, 2.24) is 0 Å². The van der Waals surface area contributed by atoms with Crippen molar-refractivity contribution < 1.29 is 4.92 Å². The fraction of sp³-hybridized carbons (Fsp3) is 0.500. The highest BCUT2D eigenvalue weighted by atomic mass is 79.9. The number of nitro groups is 1. The van der Waals surface area contributed by atoms with Gasteiger partial charge in [0.1, 0.15) is 0 Å². The number of aryl methyl sites for hydroxylation is 1. The maximum atomic E-state index is 10.8. The molecule has 0 saturated carbocycles. The van der Waals surface area contributed by atoms with Crippen molar-refractivity contribution in [2.24, 2.45) is 0 Å². The molecule has 1 aliphatic heterocycles. The van der Waals surface area contributed by atoms with Gasteiger partial charge in [0.25, 0.3) is 5.69 Å². The van der Waals surface area contributed by atoms with E-state index in [0.717, 1.165) is 23.0 Å². The first kappa shape index (κ1) is 13.7.